The minimum atomic E-state index is -1.02. The third-order valence-corrected chi connectivity index (χ3v) is 5.19. The van der Waals surface area contributed by atoms with Crippen LogP contribution in [-0.2, 0) is 19.2 Å². The van der Waals surface area contributed by atoms with Gasteiger partial charge in [0, 0.05) is 51.9 Å². The van der Waals surface area contributed by atoms with Gasteiger partial charge in [0.15, 0.2) is 0 Å². The summed E-state index contributed by atoms with van der Waals surface area (Å²) in [6, 6.07) is -0.223. The van der Waals surface area contributed by atoms with Gasteiger partial charge in [-0.25, -0.2) is 0 Å². The number of carbonyl (C=O) groups is 4. The van der Waals surface area contributed by atoms with Crippen LogP contribution < -0.4 is 0 Å². The Hall–Kier alpha value is -2.28. The molecule has 12 heteroatoms. The van der Waals surface area contributed by atoms with Crippen LogP contribution in [0.4, 0.5) is 0 Å². The van der Waals surface area contributed by atoms with Gasteiger partial charge in [-0.15, -0.1) is 0 Å². The second kappa shape index (κ2) is 13.9. The molecule has 0 radical (unpaired) electrons. The topological polar surface area (TPSA) is 162 Å². The summed E-state index contributed by atoms with van der Waals surface area (Å²) in [6.45, 7) is 3.20. The number of hydrogen-bond acceptors (Lipinski definition) is 8. The summed E-state index contributed by atoms with van der Waals surface area (Å²) >= 11 is 0. The Kier molecular flexibility index (Phi) is 12.0. The van der Waals surface area contributed by atoms with Crippen LogP contribution in [0.15, 0.2) is 0 Å². The highest BCUT2D eigenvalue weighted by atomic mass is 16.4. The van der Waals surface area contributed by atoms with E-state index < -0.39 is 23.9 Å². The molecule has 0 aromatic carbocycles. The fraction of sp³-hybridized carbons (Fsp3) is 0.789. The van der Waals surface area contributed by atoms with Gasteiger partial charge in [0.05, 0.1) is 26.2 Å². The molecule has 0 aromatic rings. The van der Waals surface area contributed by atoms with Crippen molar-refractivity contribution in [2.75, 3.05) is 72.0 Å². The molecule has 0 amide bonds. The predicted molar refractivity (Wildman–Crippen MR) is 110 cm³/mol. The van der Waals surface area contributed by atoms with Gasteiger partial charge in [0.1, 0.15) is 0 Å². The Morgan fingerprint density at radius 2 is 1.03 bits per heavy atom. The maximum Gasteiger partial charge on any atom is 0.317 e. The van der Waals surface area contributed by atoms with Gasteiger partial charge in [-0.1, -0.05) is 13.3 Å². The third-order valence-electron chi connectivity index (χ3n) is 5.19. The molecule has 31 heavy (non-hydrogen) atoms. The molecule has 1 heterocycles. The molecule has 0 aliphatic carbocycles. The summed E-state index contributed by atoms with van der Waals surface area (Å²) in [6.07, 6.45) is 1.42. The molecule has 12 nitrogen and oxygen atoms in total. The number of hydrogen-bond donors (Lipinski definition) is 4. The Bertz CT molecular complexity index is 618. The highest BCUT2D eigenvalue weighted by Gasteiger charge is 2.26. The molecule has 1 aliphatic rings. The van der Waals surface area contributed by atoms with Crippen molar-refractivity contribution >= 4 is 23.9 Å². The first-order chi connectivity index (χ1) is 14.6. The van der Waals surface area contributed by atoms with Crippen molar-refractivity contribution in [3.8, 4) is 0 Å². The monoisotopic (exact) mass is 446 g/mol. The fourth-order valence-corrected chi connectivity index (χ4v) is 3.77. The number of carboxylic acid groups (broad SMARTS) is 4. The lowest BCUT2D eigenvalue weighted by Gasteiger charge is -2.37. The lowest BCUT2D eigenvalue weighted by atomic mass is 10.1. The van der Waals surface area contributed by atoms with E-state index in [0.29, 0.717) is 52.2 Å². The largest absolute Gasteiger partial charge is 0.480 e. The fourth-order valence-electron chi connectivity index (χ4n) is 3.77. The van der Waals surface area contributed by atoms with Crippen LogP contribution in [0, 0.1) is 0 Å². The van der Waals surface area contributed by atoms with E-state index in [9.17, 15) is 39.6 Å². The highest BCUT2D eigenvalue weighted by molar-refractivity contribution is 5.70. The lowest BCUT2D eigenvalue weighted by Crippen LogP contribution is -2.52. The highest BCUT2D eigenvalue weighted by Crippen LogP contribution is 2.11. The number of rotatable bonds is 10. The second-order valence-corrected chi connectivity index (χ2v) is 7.78. The van der Waals surface area contributed by atoms with Gasteiger partial charge in [0.2, 0.25) is 0 Å². The van der Waals surface area contributed by atoms with Gasteiger partial charge in [0.25, 0.3) is 0 Å². The zero-order valence-electron chi connectivity index (χ0n) is 18.0. The molecular formula is C19H34N4O8. The van der Waals surface area contributed by atoms with Crippen molar-refractivity contribution in [2.24, 2.45) is 0 Å². The van der Waals surface area contributed by atoms with Crippen LogP contribution in [0.25, 0.3) is 0 Å². The zero-order valence-corrected chi connectivity index (χ0v) is 18.0. The van der Waals surface area contributed by atoms with Gasteiger partial charge >= 0.3 is 23.9 Å². The molecule has 1 fully saturated rings. The predicted octanol–water partition coefficient (Wildman–Crippen LogP) is -1.28. The van der Waals surface area contributed by atoms with Gasteiger partial charge < -0.3 is 20.4 Å². The Labute approximate surface area is 181 Å². The second-order valence-electron chi connectivity index (χ2n) is 7.78. The minimum absolute atomic E-state index is 0.223. The molecule has 0 bridgehead atoms. The van der Waals surface area contributed by atoms with Gasteiger partial charge in [-0.3, -0.25) is 38.8 Å². The molecule has 1 unspecified atom stereocenters. The van der Waals surface area contributed by atoms with Crippen molar-refractivity contribution < 1.29 is 39.6 Å². The SMILES string of the molecule is CCCC1CN(CC(=O)O)CCN(CC(=O)O)CCN(CC(=O)O)CCN1CC(=O)O. The van der Waals surface area contributed by atoms with E-state index in [0.717, 1.165) is 6.42 Å². The van der Waals surface area contributed by atoms with E-state index in [4.69, 9.17) is 0 Å². The van der Waals surface area contributed by atoms with E-state index in [-0.39, 0.29) is 32.2 Å². The molecule has 1 saturated heterocycles. The van der Waals surface area contributed by atoms with Crippen LogP contribution >= 0.6 is 0 Å². The molecule has 1 aliphatic heterocycles. The normalized spacial score (nSPS) is 21.1. The number of carboxylic acids is 4. The summed E-state index contributed by atoms with van der Waals surface area (Å²) in [7, 11) is 0. The van der Waals surface area contributed by atoms with E-state index >= 15 is 0 Å². The average Bonchev–Trinajstić information content (AvgIpc) is 2.63. The molecule has 0 aromatic heterocycles. The van der Waals surface area contributed by atoms with E-state index in [1.54, 1.807) is 19.6 Å². The third kappa shape index (κ3) is 11.6. The van der Waals surface area contributed by atoms with Crippen LogP contribution in [0.1, 0.15) is 19.8 Å². The molecule has 1 atom stereocenters. The van der Waals surface area contributed by atoms with Crippen molar-refractivity contribution in [2.45, 2.75) is 25.8 Å². The molecule has 0 saturated carbocycles. The van der Waals surface area contributed by atoms with Gasteiger partial charge in [-0.2, -0.15) is 0 Å². The molecular weight excluding hydrogens is 412 g/mol. The van der Waals surface area contributed by atoms with Crippen LogP contribution in [-0.4, -0.2) is 142 Å². The summed E-state index contributed by atoms with van der Waals surface area (Å²) in [5, 5.41) is 37.1. The van der Waals surface area contributed by atoms with Crippen molar-refractivity contribution in [1.29, 1.82) is 0 Å². The Morgan fingerprint density at radius 3 is 1.45 bits per heavy atom. The molecule has 4 N–H and O–H groups in total. The Balaban J connectivity index is 3.14. The van der Waals surface area contributed by atoms with E-state index in [1.807, 2.05) is 6.92 Å². The van der Waals surface area contributed by atoms with Crippen molar-refractivity contribution in [3.63, 3.8) is 0 Å². The molecule has 0 spiro atoms. The van der Waals surface area contributed by atoms with Crippen LogP contribution in [0.5, 0.6) is 0 Å². The number of aliphatic carboxylic acids is 4. The van der Waals surface area contributed by atoms with Crippen LogP contribution in [0.2, 0.25) is 0 Å². The minimum Gasteiger partial charge on any atom is -0.480 e. The standard InChI is InChI=1S/C19H34N4O8/c1-2-3-15-10-22(13-18(28)29)7-6-20(11-16(24)25)4-5-21(12-17(26)27)8-9-23(15)14-19(30)31/h15H,2-14H2,1H3,(H,24,25)(H,26,27)(H,28,29)(H,30,31). The van der Waals surface area contributed by atoms with Crippen molar-refractivity contribution in [3.05, 3.63) is 0 Å². The summed E-state index contributed by atoms with van der Waals surface area (Å²) in [4.78, 5) is 52.1. The Morgan fingerprint density at radius 1 is 0.645 bits per heavy atom. The van der Waals surface area contributed by atoms with Crippen molar-refractivity contribution in [1.82, 2.24) is 19.6 Å². The maximum atomic E-state index is 11.4. The molecule has 1 rings (SSSR count). The van der Waals surface area contributed by atoms with Gasteiger partial charge in [-0.05, 0) is 6.42 Å². The molecule has 178 valence electrons. The summed E-state index contributed by atoms with van der Waals surface area (Å²) in [5.41, 5.74) is 0. The quantitative estimate of drug-likeness (QED) is 0.315. The lowest BCUT2D eigenvalue weighted by molar-refractivity contribution is -0.142. The zero-order chi connectivity index (χ0) is 23.4. The summed E-state index contributed by atoms with van der Waals surface area (Å²) < 4.78 is 0. The number of nitrogens with zero attached hydrogens (tertiary/aromatic N) is 4. The van der Waals surface area contributed by atoms with E-state index in [2.05, 4.69) is 0 Å². The first kappa shape index (κ1) is 26.8. The average molecular weight is 447 g/mol. The smallest absolute Gasteiger partial charge is 0.317 e. The first-order valence-electron chi connectivity index (χ1n) is 10.4. The summed E-state index contributed by atoms with van der Waals surface area (Å²) in [5.74, 6) is -4.04. The van der Waals surface area contributed by atoms with E-state index in [1.165, 1.54) is 0 Å². The maximum absolute atomic E-state index is 11.4. The first-order valence-corrected chi connectivity index (χ1v) is 10.4. The van der Waals surface area contributed by atoms with Crippen LogP contribution in [0.3, 0.4) is 0 Å².